The second kappa shape index (κ2) is 9.57. The van der Waals surface area contributed by atoms with Crippen LogP contribution in [0, 0.1) is 0 Å². The Balaban J connectivity index is 1.43. The van der Waals surface area contributed by atoms with Gasteiger partial charge in [0.15, 0.2) is 0 Å². The number of ether oxygens (including phenoxy) is 1. The number of nitrogens with zero attached hydrogens (tertiary/aromatic N) is 2. The van der Waals surface area contributed by atoms with Crippen LogP contribution < -0.4 is 10.2 Å². The predicted octanol–water partition coefficient (Wildman–Crippen LogP) is 4.85. The molecule has 1 N–H and O–H groups in total. The molecule has 1 heterocycles. The molecule has 0 radical (unpaired) electrons. The minimum Gasteiger partial charge on any atom is -0.423 e. The largest absolute Gasteiger partial charge is 0.423 e. The van der Waals surface area contributed by atoms with E-state index in [0.717, 1.165) is 11.3 Å². The summed E-state index contributed by atoms with van der Waals surface area (Å²) in [5, 5.41) is 4.23. The highest BCUT2D eigenvalue weighted by Crippen LogP contribution is 2.16. The molecule has 4 aromatic rings. The number of benzene rings is 3. The van der Waals surface area contributed by atoms with E-state index in [2.05, 4.69) is 10.5 Å². The average molecular weight is 423 g/mol. The van der Waals surface area contributed by atoms with E-state index in [1.165, 1.54) is 0 Å². The summed E-state index contributed by atoms with van der Waals surface area (Å²) in [5.41, 5.74) is 5.81. The number of hydrazone groups is 1. The summed E-state index contributed by atoms with van der Waals surface area (Å²) in [6.45, 7) is 1.79. The summed E-state index contributed by atoms with van der Waals surface area (Å²) in [4.78, 5) is 24.9. The minimum absolute atomic E-state index is 0.304. The molecule has 4 rings (SSSR count). The number of nitrogens with one attached hydrogen (secondary N) is 1. The Morgan fingerprint density at radius 2 is 1.44 bits per heavy atom. The lowest BCUT2D eigenvalue weighted by Crippen LogP contribution is -2.21. The molecule has 1 amide bonds. The maximum absolute atomic E-state index is 12.7. The van der Waals surface area contributed by atoms with Crippen molar-refractivity contribution in [3.63, 3.8) is 0 Å². The molecule has 0 spiro atoms. The molecule has 0 atom stereocenters. The Hall–Kier alpha value is -4.45. The Labute approximate surface area is 185 Å². The van der Waals surface area contributed by atoms with Crippen LogP contribution in [0.25, 0.3) is 5.69 Å². The molecule has 0 fully saturated rings. The first-order valence-electron chi connectivity index (χ1n) is 10.1. The number of esters is 1. The number of hydrogen-bond donors (Lipinski definition) is 1. The van der Waals surface area contributed by atoms with Gasteiger partial charge in [-0.2, -0.15) is 5.10 Å². The Bertz CT molecular complexity index is 1250. The van der Waals surface area contributed by atoms with Crippen LogP contribution in [-0.2, 0) is 0 Å². The van der Waals surface area contributed by atoms with Gasteiger partial charge in [0.25, 0.3) is 5.91 Å². The first-order valence-corrected chi connectivity index (χ1v) is 10.1. The maximum atomic E-state index is 12.7. The molecule has 0 unspecified atom stereocenters. The maximum Gasteiger partial charge on any atom is 0.343 e. The van der Waals surface area contributed by atoms with E-state index >= 15 is 0 Å². The van der Waals surface area contributed by atoms with E-state index in [0.29, 0.717) is 22.6 Å². The summed E-state index contributed by atoms with van der Waals surface area (Å²) >= 11 is 0. The quantitative estimate of drug-likeness (QED) is 0.209. The summed E-state index contributed by atoms with van der Waals surface area (Å²) in [5.74, 6) is -0.292. The fraction of sp³-hybridized carbons (Fsp3) is 0.0385. The summed E-state index contributed by atoms with van der Waals surface area (Å²) in [6.07, 6.45) is 3.76. The standard InChI is InChI=1S/C26H21N3O3/c1-19(20-13-15-22(16-14-20)32-26(31)21-9-3-2-4-10-21)27-28-25(30)23-11-5-6-12-24(23)29-17-7-8-18-29/h2-18H,1H3,(H,28,30)/b27-19+. The predicted molar refractivity (Wildman–Crippen MR) is 123 cm³/mol. The molecule has 0 saturated carbocycles. The Morgan fingerprint density at radius 3 is 2.16 bits per heavy atom. The van der Waals surface area contributed by atoms with E-state index in [9.17, 15) is 9.59 Å². The van der Waals surface area contributed by atoms with Crippen LogP contribution in [0.3, 0.4) is 0 Å². The van der Waals surface area contributed by atoms with Crippen LogP contribution >= 0.6 is 0 Å². The molecule has 0 bridgehead atoms. The van der Waals surface area contributed by atoms with Gasteiger partial charge in [0.1, 0.15) is 5.75 Å². The van der Waals surface area contributed by atoms with Crippen molar-refractivity contribution in [2.24, 2.45) is 5.10 Å². The van der Waals surface area contributed by atoms with Gasteiger partial charge in [-0.15, -0.1) is 0 Å². The lowest BCUT2D eigenvalue weighted by atomic mass is 10.1. The number of carbonyl (C=O) groups excluding carboxylic acids is 2. The van der Waals surface area contributed by atoms with E-state index < -0.39 is 5.97 Å². The summed E-state index contributed by atoms with van der Waals surface area (Å²) < 4.78 is 7.26. The normalized spacial score (nSPS) is 11.1. The number of hydrogen-bond acceptors (Lipinski definition) is 4. The molecule has 3 aromatic carbocycles. The van der Waals surface area contributed by atoms with Crippen molar-refractivity contribution >= 4 is 17.6 Å². The van der Waals surface area contributed by atoms with Crippen LogP contribution in [0.4, 0.5) is 0 Å². The van der Waals surface area contributed by atoms with Crippen LogP contribution in [0.15, 0.2) is 108 Å². The SMILES string of the molecule is C/C(=N\NC(=O)c1ccccc1-n1cccc1)c1ccc(OC(=O)c2ccccc2)cc1. The van der Waals surface area contributed by atoms with Gasteiger partial charge in [-0.3, -0.25) is 4.79 Å². The third-order valence-electron chi connectivity index (χ3n) is 4.85. The van der Waals surface area contributed by atoms with Crippen LogP contribution in [0.1, 0.15) is 33.2 Å². The van der Waals surface area contributed by atoms with Gasteiger partial charge >= 0.3 is 5.97 Å². The second-order valence-electron chi connectivity index (χ2n) is 7.03. The highest BCUT2D eigenvalue weighted by molar-refractivity contribution is 6.02. The number of carbonyl (C=O) groups is 2. The monoisotopic (exact) mass is 423 g/mol. The fourth-order valence-electron chi connectivity index (χ4n) is 3.15. The van der Waals surface area contributed by atoms with E-state index in [4.69, 9.17) is 4.74 Å². The van der Waals surface area contributed by atoms with E-state index in [1.54, 1.807) is 61.5 Å². The summed E-state index contributed by atoms with van der Waals surface area (Å²) in [7, 11) is 0. The lowest BCUT2D eigenvalue weighted by Gasteiger charge is -2.10. The molecule has 32 heavy (non-hydrogen) atoms. The van der Waals surface area contributed by atoms with E-state index in [-0.39, 0.29) is 5.91 Å². The van der Waals surface area contributed by atoms with Gasteiger partial charge in [0.05, 0.1) is 22.5 Å². The highest BCUT2D eigenvalue weighted by atomic mass is 16.5. The van der Waals surface area contributed by atoms with Crippen molar-refractivity contribution in [2.45, 2.75) is 6.92 Å². The molecule has 0 aliphatic heterocycles. The number of amides is 1. The first-order chi connectivity index (χ1) is 15.6. The average Bonchev–Trinajstić information content (AvgIpc) is 3.38. The van der Waals surface area contributed by atoms with Crippen molar-refractivity contribution in [3.8, 4) is 11.4 Å². The topological polar surface area (TPSA) is 72.7 Å². The third-order valence-corrected chi connectivity index (χ3v) is 4.85. The highest BCUT2D eigenvalue weighted by Gasteiger charge is 2.12. The van der Waals surface area contributed by atoms with Crippen molar-refractivity contribution in [3.05, 3.63) is 120 Å². The molecule has 6 heteroatoms. The summed E-state index contributed by atoms with van der Waals surface area (Å²) in [6, 6.07) is 26.9. The third kappa shape index (κ3) is 4.82. The van der Waals surface area contributed by atoms with Gasteiger partial charge in [0.2, 0.25) is 0 Å². The Kier molecular flexibility index (Phi) is 6.22. The van der Waals surface area contributed by atoms with Crippen molar-refractivity contribution in [2.75, 3.05) is 0 Å². The smallest absolute Gasteiger partial charge is 0.343 e. The second-order valence-corrected chi connectivity index (χ2v) is 7.03. The molecular formula is C26H21N3O3. The minimum atomic E-state index is -0.419. The molecule has 0 saturated heterocycles. The Morgan fingerprint density at radius 1 is 0.781 bits per heavy atom. The number of rotatable bonds is 6. The molecular weight excluding hydrogens is 402 g/mol. The van der Waals surface area contributed by atoms with Gasteiger partial charge < -0.3 is 9.30 Å². The van der Waals surface area contributed by atoms with Crippen LogP contribution in [0.5, 0.6) is 5.75 Å². The fourth-order valence-corrected chi connectivity index (χ4v) is 3.15. The van der Waals surface area contributed by atoms with Gasteiger partial charge in [-0.05, 0) is 73.2 Å². The molecule has 6 nitrogen and oxygen atoms in total. The van der Waals surface area contributed by atoms with E-state index in [1.807, 2.05) is 53.4 Å². The molecule has 0 aliphatic rings. The molecule has 0 aliphatic carbocycles. The molecule has 158 valence electrons. The van der Waals surface area contributed by atoms with Crippen molar-refractivity contribution in [1.82, 2.24) is 9.99 Å². The zero-order chi connectivity index (χ0) is 22.3. The zero-order valence-electron chi connectivity index (χ0n) is 17.4. The van der Waals surface area contributed by atoms with Gasteiger partial charge in [0, 0.05) is 12.4 Å². The van der Waals surface area contributed by atoms with Crippen molar-refractivity contribution < 1.29 is 14.3 Å². The van der Waals surface area contributed by atoms with Crippen molar-refractivity contribution in [1.29, 1.82) is 0 Å². The zero-order valence-corrected chi connectivity index (χ0v) is 17.4. The lowest BCUT2D eigenvalue weighted by molar-refractivity contribution is 0.0734. The van der Waals surface area contributed by atoms with Gasteiger partial charge in [-0.1, -0.05) is 30.3 Å². The van der Waals surface area contributed by atoms with Crippen LogP contribution in [0.2, 0.25) is 0 Å². The number of para-hydroxylation sites is 1. The van der Waals surface area contributed by atoms with Gasteiger partial charge in [-0.25, -0.2) is 10.2 Å². The molecule has 1 aromatic heterocycles. The number of aromatic nitrogens is 1. The first kappa shape index (κ1) is 20.8. The van der Waals surface area contributed by atoms with Crippen LogP contribution in [-0.4, -0.2) is 22.2 Å².